The molecule has 1 saturated carbocycles. The van der Waals surface area contributed by atoms with Gasteiger partial charge in [0, 0.05) is 0 Å². The molecule has 1 fully saturated rings. The van der Waals surface area contributed by atoms with E-state index in [2.05, 4.69) is 0 Å². The lowest BCUT2D eigenvalue weighted by Gasteiger charge is -2.24. The number of carbonyl (C=O) groups is 1. The summed E-state index contributed by atoms with van der Waals surface area (Å²) in [5.74, 6) is -0.193. The molecule has 0 atom stereocenters. The fourth-order valence-corrected chi connectivity index (χ4v) is 2.07. The van der Waals surface area contributed by atoms with Crippen molar-refractivity contribution in [1.29, 1.82) is 0 Å². The Bertz CT molecular complexity index is 215. The molecule has 0 radical (unpaired) electrons. The van der Waals surface area contributed by atoms with Gasteiger partial charge in [-0.2, -0.15) is 0 Å². The van der Waals surface area contributed by atoms with E-state index in [1.54, 1.807) is 0 Å². The van der Waals surface area contributed by atoms with Crippen molar-refractivity contribution < 1.29 is 14.3 Å². The summed E-state index contributed by atoms with van der Waals surface area (Å²) < 4.78 is 10.6. The summed E-state index contributed by atoms with van der Waals surface area (Å²) in [6, 6.07) is 0. The molecule has 0 saturated heterocycles. The number of esters is 1. The van der Waals surface area contributed by atoms with Gasteiger partial charge in [0.05, 0.1) is 25.2 Å². The second-order valence-electron chi connectivity index (χ2n) is 5.30. The van der Waals surface area contributed by atoms with Gasteiger partial charge in [0.1, 0.15) is 0 Å². The van der Waals surface area contributed by atoms with Crippen LogP contribution in [0.3, 0.4) is 0 Å². The summed E-state index contributed by atoms with van der Waals surface area (Å²) in [5, 5.41) is 0. The Labute approximate surface area is 98.5 Å². The highest BCUT2D eigenvalue weighted by molar-refractivity contribution is 5.75. The fraction of sp³-hybridized carbons (Fsp3) is 0.923. The Morgan fingerprint density at radius 2 is 1.75 bits per heavy atom. The fourth-order valence-electron chi connectivity index (χ4n) is 2.07. The maximum Gasteiger partial charge on any atom is 0.313 e. The van der Waals surface area contributed by atoms with Crippen molar-refractivity contribution >= 4 is 5.97 Å². The highest BCUT2D eigenvalue weighted by atomic mass is 16.5. The van der Waals surface area contributed by atoms with Crippen LogP contribution in [0.1, 0.15) is 52.4 Å². The number of carbonyl (C=O) groups excluding carboxylic acids is 1. The first-order valence-electron chi connectivity index (χ1n) is 6.26. The molecule has 3 heteroatoms. The molecule has 0 aromatic heterocycles. The minimum absolute atomic E-state index is 0.193. The van der Waals surface area contributed by atoms with E-state index in [-0.39, 0.29) is 5.97 Å². The number of rotatable bonds is 4. The number of hydrogen-bond acceptors (Lipinski definition) is 3. The molecule has 0 amide bonds. The van der Waals surface area contributed by atoms with E-state index < -0.39 is 5.41 Å². The second-order valence-corrected chi connectivity index (χ2v) is 5.30. The molecule has 94 valence electrons. The van der Waals surface area contributed by atoms with Gasteiger partial charge >= 0.3 is 5.97 Å². The van der Waals surface area contributed by atoms with Crippen LogP contribution in [0, 0.1) is 5.41 Å². The molecule has 0 spiro atoms. The maximum absolute atomic E-state index is 11.5. The Morgan fingerprint density at radius 3 is 2.25 bits per heavy atom. The van der Waals surface area contributed by atoms with Crippen LogP contribution in [-0.4, -0.2) is 25.8 Å². The third-order valence-electron chi connectivity index (χ3n) is 3.22. The van der Waals surface area contributed by atoms with Gasteiger partial charge in [0.2, 0.25) is 0 Å². The van der Waals surface area contributed by atoms with Crippen LogP contribution in [-0.2, 0) is 14.3 Å². The van der Waals surface area contributed by atoms with Crippen LogP contribution >= 0.6 is 0 Å². The van der Waals surface area contributed by atoms with E-state index in [1.165, 1.54) is 32.8 Å². The molecule has 1 aliphatic rings. The third-order valence-corrected chi connectivity index (χ3v) is 3.22. The van der Waals surface area contributed by atoms with Gasteiger partial charge in [-0.1, -0.05) is 25.7 Å². The molecule has 1 aliphatic carbocycles. The molecule has 0 aromatic rings. The van der Waals surface area contributed by atoms with Crippen LogP contribution in [0.2, 0.25) is 0 Å². The summed E-state index contributed by atoms with van der Waals surface area (Å²) in [6.07, 6.45) is 7.76. The summed E-state index contributed by atoms with van der Waals surface area (Å²) >= 11 is 0. The molecule has 3 nitrogen and oxygen atoms in total. The zero-order chi connectivity index (χ0) is 12.0. The van der Waals surface area contributed by atoms with Crippen LogP contribution in [0.25, 0.3) is 0 Å². The summed E-state index contributed by atoms with van der Waals surface area (Å²) in [4.78, 5) is 11.5. The average Bonchev–Trinajstić information content (AvgIpc) is 2.53. The van der Waals surface area contributed by atoms with Crippen molar-refractivity contribution in [3.63, 3.8) is 0 Å². The van der Waals surface area contributed by atoms with E-state index in [4.69, 9.17) is 9.47 Å². The molecule has 16 heavy (non-hydrogen) atoms. The van der Waals surface area contributed by atoms with Crippen LogP contribution < -0.4 is 0 Å². The zero-order valence-corrected chi connectivity index (χ0v) is 10.8. The molecule has 0 aromatic carbocycles. The summed E-state index contributed by atoms with van der Waals surface area (Å²) in [7, 11) is 1.43. The first-order valence-corrected chi connectivity index (χ1v) is 6.26. The van der Waals surface area contributed by atoms with Crippen LogP contribution in [0.4, 0.5) is 0 Å². The highest BCUT2D eigenvalue weighted by Gasteiger charge is 2.30. The Kier molecular flexibility index (Phi) is 5.26. The smallest absolute Gasteiger partial charge is 0.313 e. The van der Waals surface area contributed by atoms with Gasteiger partial charge in [-0.3, -0.25) is 4.79 Å². The second kappa shape index (κ2) is 6.24. The van der Waals surface area contributed by atoms with E-state index in [0.717, 1.165) is 12.8 Å². The van der Waals surface area contributed by atoms with Crippen molar-refractivity contribution in [3.05, 3.63) is 0 Å². The van der Waals surface area contributed by atoms with Gasteiger partial charge in [-0.15, -0.1) is 0 Å². The van der Waals surface area contributed by atoms with Crippen molar-refractivity contribution in [2.24, 2.45) is 5.41 Å². The molecular weight excluding hydrogens is 204 g/mol. The van der Waals surface area contributed by atoms with E-state index in [9.17, 15) is 4.79 Å². The maximum atomic E-state index is 11.5. The molecule has 0 N–H and O–H groups in total. The largest absolute Gasteiger partial charge is 0.469 e. The first kappa shape index (κ1) is 13.5. The van der Waals surface area contributed by atoms with Gasteiger partial charge in [-0.05, 0) is 26.7 Å². The highest BCUT2D eigenvalue weighted by Crippen LogP contribution is 2.23. The number of methoxy groups -OCH3 is 1. The van der Waals surface area contributed by atoms with Gasteiger partial charge in [0.15, 0.2) is 0 Å². The molecule has 0 unspecified atom stereocenters. The topological polar surface area (TPSA) is 35.5 Å². The molecule has 0 bridgehead atoms. The summed E-state index contributed by atoms with van der Waals surface area (Å²) in [5.41, 5.74) is -0.527. The molecule has 1 rings (SSSR count). The zero-order valence-electron chi connectivity index (χ0n) is 10.8. The van der Waals surface area contributed by atoms with Gasteiger partial charge in [0.25, 0.3) is 0 Å². The van der Waals surface area contributed by atoms with E-state index >= 15 is 0 Å². The minimum Gasteiger partial charge on any atom is -0.469 e. The summed E-state index contributed by atoms with van der Waals surface area (Å²) in [6.45, 7) is 4.20. The first-order chi connectivity index (χ1) is 7.56. The van der Waals surface area contributed by atoms with Crippen molar-refractivity contribution in [2.45, 2.75) is 58.5 Å². The standard InChI is InChI=1S/C13H24O3/c1-13(2,12(14)15-3)10-16-11-8-6-4-5-7-9-11/h11H,4-10H2,1-3H3. The third kappa shape index (κ3) is 4.12. The molecule has 0 heterocycles. The molecular formula is C13H24O3. The Balaban J connectivity index is 2.34. The minimum atomic E-state index is -0.527. The van der Waals surface area contributed by atoms with Crippen molar-refractivity contribution in [2.75, 3.05) is 13.7 Å². The van der Waals surface area contributed by atoms with Gasteiger partial charge < -0.3 is 9.47 Å². The molecule has 0 aliphatic heterocycles. The lowest BCUT2D eigenvalue weighted by molar-refractivity contribution is -0.155. The predicted molar refractivity (Wildman–Crippen MR) is 63.2 cm³/mol. The van der Waals surface area contributed by atoms with Crippen molar-refractivity contribution in [3.8, 4) is 0 Å². The SMILES string of the molecule is COC(=O)C(C)(C)COC1CCCCCC1. The number of ether oxygens (including phenoxy) is 2. The number of hydrogen-bond donors (Lipinski definition) is 0. The average molecular weight is 228 g/mol. The van der Waals surface area contributed by atoms with Crippen LogP contribution in [0.5, 0.6) is 0 Å². The van der Waals surface area contributed by atoms with E-state index in [0.29, 0.717) is 12.7 Å². The predicted octanol–water partition coefficient (Wildman–Crippen LogP) is 2.93. The lowest BCUT2D eigenvalue weighted by atomic mass is 9.95. The quantitative estimate of drug-likeness (QED) is 0.548. The Morgan fingerprint density at radius 1 is 1.19 bits per heavy atom. The van der Waals surface area contributed by atoms with E-state index in [1.807, 2.05) is 13.8 Å². The normalized spacial score (nSPS) is 19.2. The van der Waals surface area contributed by atoms with Crippen LogP contribution in [0.15, 0.2) is 0 Å². The monoisotopic (exact) mass is 228 g/mol. The Hall–Kier alpha value is -0.570. The van der Waals surface area contributed by atoms with Gasteiger partial charge in [-0.25, -0.2) is 0 Å². The van der Waals surface area contributed by atoms with Crippen molar-refractivity contribution in [1.82, 2.24) is 0 Å². The lowest BCUT2D eigenvalue weighted by Crippen LogP contribution is -2.32.